The molecule has 0 amide bonds. The van der Waals surface area contributed by atoms with E-state index in [4.69, 9.17) is 25.1 Å². The van der Waals surface area contributed by atoms with Crippen molar-refractivity contribution in [2.24, 2.45) is 0 Å². The molecule has 0 N–H and O–H groups in total. The number of para-hydroxylation sites is 1. The van der Waals surface area contributed by atoms with Gasteiger partial charge in [-0.3, -0.25) is 0 Å². The second-order valence-electron chi connectivity index (χ2n) is 4.23. The molecule has 1 heterocycles. The first-order valence-corrected chi connectivity index (χ1v) is 8.55. The fourth-order valence-electron chi connectivity index (χ4n) is 1.99. The van der Waals surface area contributed by atoms with Crippen molar-refractivity contribution in [1.82, 2.24) is 5.06 Å². The molecule has 0 radical (unpaired) electrons. The summed E-state index contributed by atoms with van der Waals surface area (Å²) in [5.74, 6) is -0.438. The molecule has 0 spiro atoms. The maximum Gasteiger partial charge on any atom is 0.532 e. The molecule has 2 atom stereocenters. The molecule has 20 heavy (non-hydrogen) atoms. The van der Waals surface area contributed by atoms with Crippen LogP contribution < -0.4 is 4.52 Å². The smallest absolute Gasteiger partial charge is 0.405 e. The highest BCUT2D eigenvalue weighted by Gasteiger charge is 2.37. The standard InChI is InChI=1S/C12H15ClNO5P/c1-17-14-9-5-8-11(14)12(15)19-20(13,16)18-10-6-3-2-4-7-10/h2-4,6-7,11H,5,8-9H2,1H3/t11-,20?/m0/s1. The molecule has 1 unspecified atom stereocenters. The Morgan fingerprint density at radius 1 is 1.40 bits per heavy atom. The Hall–Kier alpha value is -1.07. The molecular weight excluding hydrogens is 305 g/mol. The lowest BCUT2D eigenvalue weighted by Crippen LogP contribution is -2.36. The Labute approximate surface area is 121 Å². The first-order chi connectivity index (χ1) is 9.52. The Balaban J connectivity index is 1.97. The molecule has 1 fully saturated rings. The monoisotopic (exact) mass is 319 g/mol. The van der Waals surface area contributed by atoms with Crippen LogP contribution in [0.2, 0.25) is 0 Å². The highest BCUT2D eigenvalue weighted by molar-refractivity contribution is 7.82. The predicted molar refractivity (Wildman–Crippen MR) is 73.4 cm³/mol. The van der Waals surface area contributed by atoms with E-state index in [9.17, 15) is 9.36 Å². The highest BCUT2D eigenvalue weighted by atomic mass is 35.7. The Morgan fingerprint density at radius 2 is 2.10 bits per heavy atom. The lowest BCUT2D eigenvalue weighted by atomic mass is 10.2. The summed E-state index contributed by atoms with van der Waals surface area (Å²) in [6.45, 7) is -3.41. The average Bonchev–Trinajstić information content (AvgIpc) is 2.87. The van der Waals surface area contributed by atoms with Crippen molar-refractivity contribution < 1.29 is 23.2 Å². The summed E-state index contributed by atoms with van der Waals surface area (Å²) in [5.41, 5.74) is 0. The molecule has 0 aromatic heterocycles. The summed E-state index contributed by atoms with van der Waals surface area (Å²) in [5, 5.41) is 1.47. The van der Waals surface area contributed by atoms with E-state index in [1.807, 2.05) is 0 Å². The van der Waals surface area contributed by atoms with E-state index >= 15 is 0 Å². The van der Waals surface area contributed by atoms with Crippen LogP contribution in [0, 0.1) is 0 Å². The number of nitrogens with zero attached hydrogens (tertiary/aromatic N) is 1. The van der Waals surface area contributed by atoms with Crippen molar-refractivity contribution in [2.75, 3.05) is 13.7 Å². The first kappa shape index (κ1) is 15.3. The summed E-state index contributed by atoms with van der Waals surface area (Å²) in [6.07, 6.45) is 1.36. The van der Waals surface area contributed by atoms with Gasteiger partial charge in [-0.1, -0.05) is 18.2 Å². The summed E-state index contributed by atoms with van der Waals surface area (Å²) in [6, 6.07) is 7.69. The third-order valence-corrected chi connectivity index (χ3v) is 4.11. The zero-order valence-corrected chi connectivity index (χ0v) is 12.5. The maximum absolute atomic E-state index is 12.0. The van der Waals surface area contributed by atoms with Gasteiger partial charge in [-0.15, -0.1) is 0 Å². The van der Waals surface area contributed by atoms with Gasteiger partial charge in [-0.2, -0.15) is 5.06 Å². The molecule has 110 valence electrons. The second kappa shape index (κ2) is 6.59. The Morgan fingerprint density at radius 3 is 2.75 bits per heavy atom. The largest absolute Gasteiger partial charge is 0.532 e. The lowest BCUT2D eigenvalue weighted by molar-refractivity contribution is -0.170. The third kappa shape index (κ3) is 3.96. The number of hydrogen-bond acceptors (Lipinski definition) is 6. The summed E-state index contributed by atoms with van der Waals surface area (Å²) >= 11 is 5.67. The van der Waals surface area contributed by atoms with Gasteiger partial charge >= 0.3 is 12.9 Å². The molecule has 1 aliphatic heterocycles. The predicted octanol–water partition coefficient (Wildman–Crippen LogP) is 2.98. The second-order valence-corrected chi connectivity index (χ2v) is 6.70. The molecule has 6 nitrogen and oxygen atoms in total. The zero-order valence-electron chi connectivity index (χ0n) is 10.9. The van der Waals surface area contributed by atoms with Crippen molar-refractivity contribution in [3.63, 3.8) is 0 Å². The lowest BCUT2D eigenvalue weighted by Gasteiger charge is -2.21. The maximum atomic E-state index is 12.0. The van der Waals surface area contributed by atoms with Crippen molar-refractivity contribution in [3.05, 3.63) is 30.3 Å². The zero-order chi connectivity index (χ0) is 14.6. The Kier molecular flexibility index (Phi) is 5.05. The average molecular weight is 320 g/mol. The number of halogens is 1. The van der Waals surface area contributed by atoms with E-state index < -0.39 is 19.0 Å². The van der Waals surface area contributed by atoms with Crippen LogP contribution in [0.1, 0.15) is 12.8 Å². The number of hydrogen-bond donors (Lipinski definition) is 0. The molecule has 0 saturated carbocycles. The number of carbonyl (C=O) groups excluding carboxylic acids is 1. The van der Waals surface area contributed by atoms with E-state index in [1.165, 1.54) is 12.2 Å². The van der Waals surface area contributed by atoms with Crippen LogP contribution in [0.5, 0.6) is 5.75 Å². The fourth-order valence-corrected chi connectivity index (χ4v) is 3.18. The van der Waals surface area contributed by atoms with Crippen LogP contribution in [0.25, 0.3) is 0 Å². The van der Waals surface area contributed by atoms with Gasteiger partial charge in [0, 0.05) is 17.8 Å². The van der Waals surface area contributed by atoms with Crippen molar-refractivity contribution in [2.45, 2.75) is 18.9 Å². The molecule has 1 saturated heterocycles. The van der Waals surface area contributed by atoms with Crippen LogP contribution in [-0.2, 0) is 18.7 Å². The third-order valence-electron chi connectivity index (χ3n) is 2.87. The topological polar surface area (TPSA) is 65.1 Å². The van der Waals surface area contributed by atoms with E-state index in [1.54, 1.807) is 30.3 Å². The molecule has 0 aliphatic carbocycles. The van der Waals surface area contributed by atoms with Gasteiger partial charge in [-0.05, 0) is 25.0 Å². The molecule has 2 rings (SSSR count). The van der Waals surface area contributed by atoms with Gasteiger partial charge < -0.3 is 13.9 Å². The molecule has 0 bridgehead atoms. The summed E-state index contributed by atoms with van der Waals surface area (Å²) < 4.78 is 21.8. The van der Waals surface area contributed by atoms with Gasteiger partial charge in [0.05, 0.1) is 7.11 Å². The minimum absolute atomic E-state index is 0.272. The summed E-state index contributed by atoms with van der Waals surface area (Å²) in [7, 11) is 1.46. The van der Waals surface area contributed by atoms with Crippen molar-refractivity contribution in [1.29, 1.82) is 0 Å². The number of hydroxylamine groups is 2. The summed E-state index contributed by atoms with van der Waals surface area (Å²) in [4.78, 5) is 17.0. The van der Waals surface area contributed by atoms with Crippen LogP contribution in [0.15, 0.2) is 30.3 Å². The molecule has 8 heteroatoms. The quantitative estimate of drug-likeness (QED) is 0.777. The highest BCUT2D eigenvalue weighted by Crippen LogP contribution is 2.53. The SMILES string of the molecule is CON1CCC[C@H]1C(=O)OP(=O)(Cl)Oc1ccccc1. The van der Waals surface area contributed by atoms with Gasteiger partial charge in [0.25, 0.3) is 0 Å². The van der Waals surface area contributed by atoms with Gasteiger partial charge in [-0.25, -0.2) is 9.36 Å². The molecule has 1 aliphatic rings. The van der Waals surface area contributed by atoms with Crippen LogP contribution in [-0.4, -0.2) is 30.7 Å². The van der Waals surface area contributed by atoms with Crippen LogP contribution in [0.4, 0.5) is 0 Å². The molecule has 1 aromatic carbocycles. The number of carbonyl (C=O) groups is 1. The van der Waals surface area contributed by atoms with E-state index in [0.29, 0.717) is 13.0 Å². The number of benzene rings is 1. The van der Waals surface area contributed by atoms with Crippen LogP contribution in [0.3, 0.4) is 0 Å². The first-order valence-electron chi connectivity index (χ1n) is 6.10. The van der Waals surface area contributed by atoms with Gasteiger partial charge in [0.2, 0.25) is 0 Å². The fraction of sp³-hybridized carbons (Fsp3) is 0.417. The van der Waals surface area contributed by atoms with E-state index in [2.05, 4.69) is 0 Å². The normalized spacial score (nSPS) is 22.2. The van der Waals surface area contributed by atoms with Gasteiger partial charge in [0.1, 0.15) is 11.8 Å². The van der Waals surface area contributed by atoms with Crippen molar-refractivity contribution in [3.8, 4) is 5.75 Å². The number of rotatable bonds is 5. The minimum Gasteiger partial charge on any atom is -0.405 e. The van der Waals surface area contributed by atoms with Gasteiger partial charge in [0.15, 0.2) is 0 Å². The molecule has 1 aromatic rings. The van der Waals surface area contributed by atoms with Crippen LogP contribution >= 0.6 is 18.2 Å². The molecular formula is C12H15ClNO5P. The Bertz CT molecular complexity index is 512. The van der Waals surface area contributed by atoms with E-state index in [0.717, 1.165) is 6.42 Å². The van der Waals surface area contributed by atoms with Crippen molar-refractivity contribution >= 4 is 24.2 Å². The minimum atomic E-state index is -4.02. The van der Waals surface area contributed by atoms with E-state index in [-0.39, 0.29) is 5.75 Å².